The number of aryl methyl sites for hydroxylation is 1. The summed E-state index contributed by atoms with van der Waals surface area (Å²) in [4.78, 5) is 21.3. The molecule has 26 heavy (non-hydrogen) atoms. The highest BCUT2D eigenvalue weighted by atomic mass is 32.1. The molecule has 1 saturated heterocycles. The maximum Gasteiger partial charge on any atom is 0.317 e. The van der Waals surface area contributed by atoms with Gasteiger partial charge in [0.25, 0.3) is 0 Å². The first-order chi connectivity index (χ1) is 12.8. The van der Waals surface area contributed by atoms with E-state index in [9.17, 15) is 4.79 Å². The van der Waals surface area contributed by atoms with Gasteiger partial charge in [-0.15, -0.1) is 11.3 Å². The molecule has 0 bridgehead atoms. The molecule has 6 heteroatoms. The summed E-state index contributed by atoms with van der Waals surface area (Å²) in [5, 5.41) is 6.26. The van der Waals surface area contributed by atoms with Crippen LogP contribution in [0, 0.1) is 0 Å². The third-order valence-electron chi connectivity index (χ3n) is 5.47. The van der Waals surface area contributed by atoms with Crippen LogP contribution in [0.2, 0.25) is 0 Å². The van der Waals surface area contributed by atoms with Crippen molar-refractivity contribution in [2.75, 3.05) is 37.6 Å². The molecule has 1 N–H and O–H groups in total. The number of fused-ring (bicyclic) bond motifs is 1. The molecule has 0 saturated carbocycles. The molecule has 1 aliphatic carbocycles. The Morgan fingerprint density at radius 2 is 2.12 bits per heavy atom. The fraction of sp³-hybridized carbons (Fsp3) is 0.500. The molecular weight excluding hydrogens is 344 g/mol. The van der Waals surface area contributed by atoms with Crippen molar-refractivity contribution in [2.24, 2.45) is 0 Å². The van der Waals surface area contributed by atoms with Gasteiger partial charge >= 0.3 is 6.03 Å². The number of amides is 2. The van der Waals surface area contributed by atoms with Gasteiger partial charge < -0.3 is 15.1 Å². The van der Waals surface area contributed by atoms with E-state index >= 15 is 0 Å². The number of aromatic nitrogens is 1. The van der Waals surface area contributed by atoms with Gasteiger partial charge in [0, 0.05) is 50.2 Å². The normalized spacial score (nSPS) is 20.4. The van der Waals surface area contributed by atoms with Crippen LogP contribution in [0.4, 0.5) is 9.93 Å². The molecule has 5 nitrogen and oxygen atoms in total. The highest BCUT2D eigenvalue weighted by molar-refractivity contribution is 7.13. The standard InChI is InChI=1S/C20H26N4OS/c25-19(22-15-17-7-3-6-16-5-1-2-8-18(16)17)23-10-4-11-24(13-12-23)20-21-9-14-26-20/h1-2,5,8-9,14,17H,3-4,6-7,10-13,15H2,(H,22,25). The highest BCUT2D eigenvalue weighted by Gasteiger charge is 2.23. The number of hydrogen-bond acceptors (Lipinski definition) is 4. The molecule has 0 spiro atoms. The van der Waals surface area contributed by atoms with Crippen molar-refractivity contribution in [3.05, 3.63) is 47.0 Å². The molecule has 1 aromatic heterocycles. The predicted molar refractivity (Wildman–Crippen MR) is 106 cm³/mol. The van der Waals surface area contributed by atoms with Crippen LogP contribution in [-0.2, 0) is 6.42 Å². The Labute approximate surface area is 159 Å². The number of carbonyl (C=O) groups excluding carboxylic acids is 1. The second-order valence-electron chi connectivity index (χ2n) is 7.12. The van der Waals surface area contributed by atoms with E-state index in [2.05, 4.69) is 39.5 Å². The van der Waals surface area contributed by atoms with Gasteiger partial charge in [-0.25, -0.2) is 9.78 Å². The van der Waals surface area contributed by atoms with Crippen LogP contribution in [-0.4, -0.2) is 48.6 Å². The number of benzene rings is 1. The maximum absolute atomic E-state index is 12.7. The van der Waals surface area contributed by atoms with Gasteiger partial charge in [0.1, 0.15) is 0 Å². The average molecular weight is 371 g/mol. The van der Waals surface area contributed by atoms with Crippen molar-refractivity contribution in [3.8, 4) is 0 Å². The minimum Gasteiger partial charge on any atom is -0.346 e. The van der Waals surface area contributed by atoms with Gasteiger partial charge in [0.15, 0.2) is 5.13 Å². The Morgan fingerprint density at radius 1 is 1.19 bits per heavy atom. The van der Waals surface area contributed by atoms with E-state index in [1.807, 2.05) is 16.5 Å². The topological polar surface area (TPSA) is 48.5 Å². The summed E-state index contributed by atoms with van der Waals surface area (Å²) in [6, 6.07) is 8.76. The van der Waals surface area contributed by atoms with E-state index in [1.165, 1.54) is 24.0 Å². The van der Waals surface area contributed by atoms with E-state index in [-0.39, 0.29) is 6.03 Å². The molecule has 138 valence electrons. The van der Waals surface area contributed by atoms with Crippen molar-refractivity contribution in [3.63, 3.8) is 0 Å². The van der Waals surface area contributed by atoms with Crippen LogP contribution in [0.5, 0.6) is 0 Å². The Hall–Kier alpha value is -2.08. The fourth-order valence-electron chi connectivity index (χ4n) is 4.07. The highest BCUT2D eigenvalue weighted by Crippen LogP contribution is 2.30. The lowest BCUT2D eigenvalue weighted by Crippen LogP contribution is -2.43. The van der Waals surface area contributed by atoms with Crippen LogP contribution in [0.3, 0.4) is 0 Å². The fourth-order valence-corrected chi connectivity index (χ4v) is 4.77. The number of carbonyl (C=O) groups is 1. The van der Waals surface area contributed by atoms with E-state index in [1.54, 1.807) is 11.3 Å². The largest absolute Gasteiger partial charge is 0.346 e. The lowest BCUT2D eigenvalue weighted by atomic mass is 9.83. The monoisotopic (exact) mass is 370 g/mol. The van der Waals surface area contributed by atoms with Crippen molar-refractivity contribution in [1.82, 2.24) is 15.2 Å². The number of nitrogens with one attached hydrogen (secondary N) is 1. The molecule has 1 aromatic carbocycles. The Balaban J connectivity index is 1.31. The maximum atomic E-state index is 12.7. The summed E-state index contributed by atoms with van der Waals surface area (Å²) in [6.07, 6.45) is 6.37. The number of rotatable bonds is 3. The number of urea groups is 1. The van der Waals surface area contributed by atoms with Gasteiger partial charge in [-0.2, -0.15) is 0 Å². The first kappa shape index (κ1) is 17.3. The van der Waals surface area contributed by atoms with E-state index in [4.69, 9.17) is 0 Å². The summed E-state index contributed by atoms with van der Waals surface area (Å²) in [7, 11) is 0. The summed E-state index contributed by atoms with van der Waals surface area (Å²) in [5.74, 6) is 0.447. The zero-order valence-electron chi connectivity index (χ0n) is 15.1. The van der Waals surface area contributed by atoms with E-state index in [0.29, 0.717) is 5.92 Å². The molecule has 2 amide bonds. The quantitative estimate of drug-likeness (QED) is 0.900. The van der Waals surface area contributed by atoms with Gasteiger partial charge in [-0.1, -0.05) is 24.3 Å². The molecule has 2 aliphatic rings. The molecule has 1 aliphatic heterocycles. The zero-order valence-corrected chi connectivity index (χ0v) is 15.9. The van der Waals surface area contributed by atoms with Gasteiger partial charge in [-0.05, 0) is 36.8 Å². The molecule has 0 radical (unpaired) electrons. The predicted octanol–water partition coefficient (Wildman–Crippen LogP) is 3.48. The summed E-state index contributed by atoms with van der Waals surface area (Å²) in [5.41, 5.74) is 2.87. The minimum atomic E-state index is 0.0778. The first-order valence-corrected chi connectivity index (χ1v) is 10.4. The van der Waals surface area contributed by atoms with Gasteiger partial charge in [0.2, 0.25) is 0 Å². The molecule has 1 atom stereocenters. The van der Waals surface area contributed by atoms with Gasteiger partial charge in [0.05, 0.1) is 0 Å². The first-order valence-electron chi connectivity index (χ1n) is 9.56. The molecule has 2 heterocycles. The molecule has 4 rings (SSSR count). The SMILES string of the molecule is O=C(NCC1CCCc2ccccc21)N1CCCN(c2nccs2)CC1. The third kappa shape index (κ3) is 3.85. The number of thiazole rings is 1. The van der Waals surface area contributed by atoms with Crippen LogP contribution in [0.25, 0.3) is 0 Å². The second kappa shape index (κ2) is 8.08. The smallest absolute Gasteiger partial charge is 0.317 e. The van der Waals surface area contributed by atoms with Crippen LogP contribution < -0.4 is 10.2 Å². The van der Waals surface area contributed by atoms with Crippen molar-refractivity contribution in [1.29, 1.82) is 0 Å². The summed E-state index contributed by atoms with van der Waals surface area (Å²) < 4.78 is 0. The minimum absolute atomic E-state index is 0.0778. The molecular formula is C20H26N4OS. The number of nitrogens with zero attached hydrogens (tertiary/aromatic N) is 3. The lowest BCUT2D eigenvalue weighted by Gasteiger charge is -2.27. The second-order valence-corrected chi connectivity index (χ2v) is 7.99. The Morgan fingerprint density at radius 3 is 3.00 bits per heavy atom. The van der Waals surface area contributed by atoms with Crippen LogP contribution >= 0.6 is 11.3 Å². The van der Waals surface area contributed by atoms with Crippen molar-refractivity contribution >= 4 is 22.5 Å². The molecule has 2 aromatic rings. The van der Waals surface area contributed by atoms with E-state index < -0.39 is 0 Å². The summed E-state index contributed by atoms with van der Waals surface area (Å²) in [6.45, 7) is 4.13. The van der Waals surface area contributed by atoms with Crippen LogP contribution in [0.1, 0.15) is 36.3 Å². The Kier molecular flexibility index (Phi) is 5.39. The van der Waals surface area contributed by atoms with Crippen LogP contribution in [0.15, 0.2) is 35.8 Å². The number of anilines is 1. The molecule has 1 unspecified atom stereocenters. The van der Waals surface area contributed by atoms with Crippen molar-refractivity contribution < 1.29 is 4.79 Å². The number of hydrogen-bond donors (Lipinski definition) is 1. The lowest BCUT2D eigenvalue weighted by molar-refractivity contribution is 0.200. The summed E-state index contributed by atoms with van der Waals surface area (Å²) >= 11 is 1.67. The third-order valence-corrected chi connectivity index (χ3v) is 6.30. The van der Waals surface area contributed by atoms with E-state index in [0.717, 1.165) is 50.7 Å². The molecule has 1 fully saturated rings. The van der Waals surface area contributed by atoms with Gasteiger partial charge in [-0.3, -0.25) is 0 Å². The average Bonchev–Trinajstić information content (AvgIpc) is 3.10. The van der Waals surface area contributed by atoms with Crippen molar-refractivity contribution in [2.45, 2.75) is 31.6 Å². The Bertz CT molecular complexity index is 733. The zero-order chi connectivity index (χ0) is 17.8.